The maximum Gasteiger partial charge on any atom is 0.163 e. The molecule has 1 aromatic heterocycles. The van der Waals surface area contributed by atoms with E-state index >= 15 is 0 Å². The standard InChI is InChI=1S/C16H18N2OS/c1-10-16(12(3)19)11(2)18(17-10)9-14-8-13-6-4-5-7-15(13)20-14/h4-7,14H,8-9H2,1-3H3. The van der Waals surface area contributed by atoms with Gasteiger partial charge in [-0.05, 0) is 38.8 Å². The fourth-order valence-electron chi connectivity index (χ4n) is 2.93. The average molecular weight is 286 g/mol. The Morgan fingerprint density at radius 2 is 2.15 bits per heavy atom. The van der Waals surface area contributed by atoms with E-state index in [1.807, 2.05) is 30.3 Å². The number of nitrogens with zero attached hydrogens (tertiary/aromatic N) is 2. The second-order valence-electron chi connectivity index (χ2n) is 5.34. The van der Waals surface area contributed by atoms with Gasteiger partial charge in [0.25, 0.3) is 0 Å². The molecule has 0 amide bonds. The highest BCUT2D eigenvalue weighted by Gasteiger charge is 2.24. The van der Waals surface area contributed by atoms with Gasteiger partial charge in [0.05, 0.1) is 17.8 Å². The minimum atomic E-state index is 0.105. The molecule has 2 aromatic rings. The van der Waals surface area contributed by atoms with Crippen molar-refractivity contribution in [2.75, 3.05) is 0 Å². The summed E-state index contributed by atoms with van der Waals surface area (Å²) in [7, 11) is 0. The summed E-state index contributed by atoms with van der Waals surface area (Å²) < 4.78 is 2.00. The maximum absolute atomic E-state index is 11.7. The molecular formula is C16H18N2OS. The highest BCUT2D eigenvalue weighted by atomic mass is 32.2. The molecular weight excluding hydrogens is 268 g/mol. The van der Waals surface area contributed by atoms with Gasteiger partial charge in [-0.15, -0.1) is 11.8 Å². The average Bonchev–Trinajstić information content (AvgIpc) is 2.90. The van der Waals surface area contributed by atoms with Crippen molar-refractivity contribution in [2.45, 2.75) is 43.9 Å². The summed E-state index contributed by atoms with van der Waals surface area (Å²) in [5.41, 5.74) is 4.04. The molecule has 0 bridgehead atoms. The molecule has 104 valence electrons. The number of Topliss-reactive ketones (excluding diaryl/α,β-unsaturated/α-hetero) is 1. The van der Waals surface area contributed by atoms with Crippen molar-refractivity contribution in [3.8, 4) is 0 Å². The van der Waals surface area contributed by atoms with E-state index in [4.69, 9.17) is 0 Å². The fourth-order valence-corrected chi connectivity index (χ4v) is 4.23. The summed E-state index contributed by atoms with van der Waals surface area (Å²) in [6.07, 6.45) is 1.08. The summed E-state index contributed by atoms with van der Waals surface area (Å²) in [6.45, 7) is 6.38. The van der Waals surface area contributed by atoms with Gasteiger partial charge in [0.1, 0.15) is 0 Å². The molecule has 2 heterocycles. The van der Waals surface area contributed by atoms with E-state index in [-0.39, 0.29) is 5.78 Å². The van der Waals surface area contributed by atoms with Crippen molar-refractivity contribution in [3.63, 3.8) is 0 Å². The third kappa shape index (κ3) is 2.29. The van der Waals surface area contributed by atoms with Crippen LogP contribution in [0.4, 0.5) is 0 Å². The van der Waals surface area contributed by atoms with Gasteiger partial charge in [0.2, 0.25) is 0 Å². The Morgan fingerprint density at radius 1 is 1.40 bits per heavy atom. The lowest BCUT2D eigenvalue weighted by atomic mass is 10.1. The molecule has 3 rings (SSSR count). The van der Waals surface area contributed by atoms with E-state index in [1.54, 1.807) is 6.92 Å². The number of fused-ring (bicyclic) bond motifs is 1. The van der Waals surface area contributed by atoms with Gasteiger partial charge in [-0.1, -0.05) is 18.2 Å². The molecule has 1 aliphatic heterocycles. The third-order valence-electron chi connectivity index (χ3n) is 3.82. The molecule has 3 nitrogen and oxygen atoms in total. The SMILES string of the molecule is CC(=O)c1c(C)nn(CC2Cc3ccccc3S2)c1C. The number of thioether (sulfide) groups is 1. The molecule has 0 radical (unpaired) electrons. The summed E-state index contributed by atoms with van der Waals surface area (Å²) in [5, 5.41) is 5.05. The first-order chi connectivity index (χ1) is 9.56. The van der Waals surface area contributed by atoms with Gasteiger partial charge in [0.15, 0.2) is 5.78 Å². The van der Waals surface area contributed by atoms with E-state index in [1.165, 1.54) is 10.5 Å². The highest BCUT2D eigenvalue weighted by molar-refractivity contribution is 8.00. The van der Waals surface area contributed by atoms with Crippen LogP contribution in [-0.4, -0.2) is 20.8 Å². The van der Waals surface area contributed by atoms with Crippen LogP contribution in [-0.2, 0) is 13.0 Å². The van der Waals surface area contributed by atoms with E-state index in [9.17, 15) is 4.79 Å². The van der Waals surface area contributed by atoms with Crippen molar-refractivity contribution in [2.24, 2.45) is 0 Å². The Morgan fingerprint density at radius 3 is 2.80 bits per heavy atom. The number of aromatic nitrogens is 2. The predicted octanol–water partition coefficient (Wildman–Crippen LogP) is 3.42. The molecule has 1 unspecified atom stereocenters. The number of carbonyl (C=O) groups is 1. The van der Waals surface area contributed by atoms with Crippen molar-refractivity contribution < 1.29 is 4.79 Å². The number of benzene rings is 1. The van der Waals surface area contributed by atoms with Gasteiger partial charge in [-0.2, -0.15) is 5.10 Å². The van der Waals surface area contributed by atoms with Gasteiger partial charge in [-0.3, -0.25) is 9.48 Å². The normalized spacial score (nSPS) is 17.2. The summed E-state index contributed by atoms with van der Waals surface area (Å²) in [5.74, 6) is 0.105. The van der Waals surface area contributed by atoms with Crippen LogP contribution < -0.4 is 0 Å². The molecule has 20 heavy (non-hydrogen) atoms. The monoisotopic (exact) mass is 286 g/mol. The summed E-state index contributed by atoms with van der Waals surface area (Å²) in [4.78, 5) is 13.0. The van der Waals surface area contributed by atoms with Crippen LogP contribution in [0.2, 0.25) is 0 Å². The zero-order chi connectivity index (χ0) is 14.3. The van der Waals surface area contributed by atoms with Crippen LogP contribution in [0.5, 0.6) is 0 Å². The quantitative estimate of drug-likeness (QED) is 0.811. The van der Waals surface area contributed by atoms with Crippen LogP contribution >= 0.6 is 11.8 Å². The lowest BCUT2D eigenvalue weighted by Crippen LogP contribution is -2.15. The number of ketones is 1. The molecule has 0 fully saturated rings. The van der Waals surface area contributed by atoms with Crippen LogP contribution in [0, 0.1) is 13.8 Å². The molecule has 1 atom stereocenters. The number of hydrogen-bond acceptors (Lipinski definition) is 3. The first-order valence-electron chi connectivity index (χ1n) is 6.85. The number of carbonyl (C=O) groups excluding carboxylic acids is 1. The topological polar surface area (TPSA) is 34.9 Å². The van der Waals surface area contributed by atoms with Gasteiger partial charge in [0, 0.05) is 15.8 Å². The third-order valence-corrected chi connectivity index (χ3v) is 5.13. The Hall–Kier alpha value is -1.55. The van der Waals surface area contributed by atoms with Gasteiger partial charge in [-0.25, -0.2) is 0 Å². The van der Waals surface area contributed by atoms with E-state index in [2.05, 4.69) is 29.4 Å². The lowest BCUT2D eigenvalue weighted by molar-refractivity contribution is 0.101. The van der Waals surface area contributed by atoms with E-state index in [0.29, 0.717) is 5.25 Å². The first kappa shape index (κ1) is 13.4. The number of rotatable bonds is 3. The highest BCUT2D eigenvalue weighted by Crippen LogP contribution is 2.37. The summed E-state index contributed by atoms with van der Waals surface area (Å²) in [6, 6.07) is 8.57. The maximum atomic E-state index is 11.7. The molecule has 0 saturated heterocycles. The van der Waals surface area contributed by atoms with Crippen LogP contribution in [0.25, 0.3) is 0 Å². The molecule has 1 aromatic carbocycles. The van der Waals surface area contributed by atoms with Crippen LogP contribution in [0.3, 0.4) is 0 Å². The molecule has 0 spiro atoms. The Balaban J connectivity index is 1.81. The second kappa shape index (κ2) is 5.09. The molecule has 0 saturated carbocycles. The predicted molar refractivity (Wildman–Crippen MR) is 81.5 cm³/mol. The zero-order valence-electron chi connectivity index (χ0n) is 12.0. The smallest absolute Gasteiger partial charge is 0.163 e. The molecule has 4 heteroatoms. The fraction of sp³-hybridized carbons (Fsp3) is 0.375. The largest absolute Gasteiger partial charge is 0.294 e. The zero-order valence-corrected chi connectivity index (χ0v) is 12.8. The minimum Gasteiger partial charge on any atom is -0.294 e. The first-order valence-corrected chi connectivity index (χ1v) is 7.73. The second-order valence-corrected chi connectivity index (χ2v) is 6.68. The van der Waals surface area contributed by atoms with Crippen molar-refractivity contribution in [3.05, 3.63) is 46.8 Å². The van der Waals surface area contributed by atoms with Crippen molar-refractivity contribution >= 4 is 17.5 Å². The number of hydrogen-bond donors (Lipinski definition) is 0. The Labute approximate surface area is 123 Å². The van der Waals surface area contributed by atoms with E-state index in [0.717, 1.165) is 29.9 Å². The molecule has 1 aliphatic rings. The minimum absolute atomic E-state index is 0.105. The van der Waals surface area contributed by atoms with Crippen LogP contribution in [0.1, 0.15) is 34.2 Å². The van der Waals surface area contributed by atoms with Crippen molar-refractivity contribution in [1.82, 2.24) is 9.78 Å². The van der Waals surface area contributed by atoms with Crippen molar-refractivity contribution in [1.29, 1.82) is 0 Å². The van der Waals surface area contributed by atoms with Gasteiger partial charge >= 0.3 is 0 Å². The van der Waals surface area contributed by atoms with Gasteiger partial charge < -0.3 is 0 Å². The van der Waals surface area contributed by atoms with Crippen LogP contribution in [0.15, 0.2) is 29.2 Å². The molecule has 0 N–H and O–H groups in total. The summed E-state index contributed by atoms with van der Waals surface area (Å²) >= 11 is 1.92. The Bertz CT molecular complexity index is 650. The van der Waals surface area contributed by atoms with E-state index < -0.39 is 0 Å². The molecule has 0 aliphatic carbocycles. The number of aryl methyl sites for hydroxylation is 1. The Kier molecular flexibility index (Phi) is 3.42. The lowest BCUT2D eigenvalue weighted by Gasteiger charge is -2.10.